The fourth-order valence-electron chi connectivity index (χ4n) is 0.931. The molecule has 76 valence electrons. The van der Waals surface area contributed by atoms with Crippen molar-refractivity contribution in [1.29, 1.82) is 0 Å². The predicted octanol–water partition coefficient (Wildman–Crippen LogP) is -0.884. The number of thiol groups is 1. The summed E-state index contributed by atoms with van der Waals surface area (Å²) in [6.07, 6.45) is 0. The van der Waals surface area contributed by atoms with Crippen LogP contribution in [0.25, 0.3) is 0 Å². The number of hydrogen-bond acceptors (Lipinski definition) is 4. The Balaban J connectivity index is 0. The zero-order valence-electron chi connectivity index (χ0n) is 7.35. The van der Waals surface area contributed by atoms with Crippen LogP contribution in [0, 0.1) is 0 Å². The van der Waals surface area contributed by atoms with Gasteiger partial charge in [0.2, 0.25) is 11.8 Å². The number of aliphatic carboxylic acids is 1. The Labute approximate surface area is 110 Å². The third-order valence-electron chi connectivity index (χ3n) is 1.45. The number of hydrogen-bond donors (Lipinski definition) is 2. The van der Waals surface area contributed by atoms with Crippen LogP contribution in [-0.4, -0.2) is 69.1 Å². The van der Waals surface area contributed by atoms with Gasteiger partial charge in [-0.05, 0) is 0 Å². The van der Waals surface area contributed by atoms with E-state index >= 15 is 0 Å². The molecule has 0 spiro atoms. The van der Waals surface area contributed by atoms with Gasteiger partial charge in [-0.1, -0.05) is 0 Å². The van der Waals surface area contributed by atoms with Crippen LogP contribution in [0.15, 0.2) is 0 Å². The van der Waals surface area contributed by atoms with Crippen LogP contribution in [0.1, 0.15) is 13.8 Å². The van der Waals surface area contributed by atoms with E-state index in [-0.39, 0.29) is 35.3 Å². The summed E-state index contributed by atoms with van der Waals surface area (Å²) in [6, 6.07) is -1.18. The number of imide groups is 1. The van der Waals surface area contributed by atoms with E-state index in [1.165, 1.54) is 0 Å². The number of rotatable bonds is 3. The third-order valence-corrected chi connectivity index (χ3v) is 1.79. The summed E-state index contributed by atoms with van der Waals surface area (Å²) < 4.78 is 0. The number of amides is 2. The van der Waals surface area contributed by atoms with E-state index in [9.17, 15) is 14.4 Å². The molecule has 0 saturated heterocycles. The van der Waals surface area contributed by atoms with E-state index in [0.717, 1.165) is 13.8 Å². The molecule has 0 unspecified atom stereocenters. The van der Waals surface area contributed by atoms with Crippen molar-refractivity contribution in [3.63, 3.8) is 0 Å². The van der Waals surface area contributed by atoms with Gasteiger partial charge in [0.25, 0.3) is 0 Å². The summed E-state index contributed by atoms with van der Waals surface area (Å²) in [4.78, 5) is 33.1. The zero-order chi connectivity index (χ0) is 10.6. The van der Waals surface area contributed by atoms with Crippen molar-refractivity contribution >= 4 is 60.0 Å². The molecule has 0 bridgehead atoms. The Morgan fingerprint density at radius 1 is 1.29 bits per heavy atom. The van der Waals surface area contributed by atoms with Gasteiger partial charge in [-0.2, -0.15) is 12.6 Å². The molecule has 0 rings (SSSR count). The van der Waals surface area contributed by atoms with Gasteiger partial charge >= 0.3 is 35.5 Å². The second kappa shape index (κ2) is 7.28. The number of nitrogens with zero attached hydrogens (tertiary/aromatic N) is 1. The van der Waals surface area contributed by atoms with Crippen LogP contribution in [0.2, 0.25) is 0 Å². The van der Waals surface area contributed by atoms with E-state index in [0.29, 0.717) is 4.90 Å². The normalized spacial score (nSPS) is 11.1. The molecule has 0 aromatic heterocycles. The average Bonchev–Trinajstić information content (AvgIpc) is 1.97. The summed E-state index contributed by atoms with van der Waals surface area (Å²) in [5.74, 6) is -2.50. The Hall–Kier alpha value is -0.0400. The van der Waals surface area contributed by atoms with Crippen molar-refractivity contribution in [1.82, 2.24) is 4.90 Å². The van der Waals surface area contributed by atoms with Gasteiger partial charge in [0.1, 0.15) is 6.04 Å². The van der Waals surface area contributed by atoms with Gasteiger partial charge in [0.05, 0.1) is 0 Å². The fourth-order valence-corrected chi connectivity index (χ4v) is 1.25. The number of carbonyl (C=O) groups is 3. The maximum atomic E-state index is 10.9. The molecular formula is C7H12NNaO4S. The molecule has 1 N–H and O–H groups in total. The van der Waals surface area contributed by atoms with Gasteiger partial charge in [0.15, 0.2) is 0 Å². The topological polar surface area (TPSA) is 74.7 Å². The van der Waals surface area contributed by atoms with Crippen LogP contribution in [-0.2, 0) is 14.4 Å². The molecule has 0 radical (unpaired) electrons. The SMILES string of the molecule is CC(=O)N(C(C)=O)[C@@H](CS)C(=O)O.[NaH]. The summed E-state index contributed by atoms with van der Waals surface area (Å²) in [6.45, 7) is 2.28. The first-order valence-corrected chi connectivity index (χ1v) is 4.19. The average molecular weight is 229 g/mol. The molecule has 0 aromatic carbocycles. The molecule has 0 aliphatic heterocycles. The molecule has 14 heavy (non-hydrogen) atoms. The molecule has 0 fully saturated rings. The first-order valence-electron chi connectivity index (χ1n) is 3.55. The molecule has 0 aliphatic rings. The molecule has 0 aromatic rings. The number of carboxylic acids is 1. The molecule has 0 aliphatic carbocycles. The van der Waals surface area contributed by atoms with E-state index < -0.39 is 23.8 Å². The summed E-state index contributed by atoms with van der Waals surface area (Å²) in [5, 5.41) is 8.65. The van der Waals surface area contributed by atoms with Crippen molar-refractivity contribution in [2.45, 2.75) is 19.9 Å². The minimum atomic E-state index is -1.24. The summed E-state index contributed by atoms with van der Waals surface area (Å²) in [7, 11) is 0. The van der Waals surface area contributed by atoms with Crippen molar-refractivity contribution in [3.8, 4) is 0 Å². The second-order valence-electron chi connectivity index (χ2n) is 2.44. The van der Waals surface area contributed by atoms with E-state index in [1.807, 2.05) is 0 Å². The third kappa shape index (κ3) is 4.45. The van der Waals surface area contributed by atoms with Gasteiger partial charge in [0, 0.05) is 19.6 Å². The zero-order valence-corrected chi connectivity index (χ0v) is 8.25. The van der Waals surface area contributed by atoms with Gasteiger partial charge < -0.3 is 5.11 Å². The van der Waals surface area contributed by atoms with Crippen LogP contribution in [0.4, 0.5) is 0 Å². The van der Waals surface area contributed by atoms with Crippen molar-refractivity contribution < 1.29 is 19.5 Å². The van der Waals surface area contributed by atoms with Crippen molar-refractivity contribution in [3.05, 3.63) is 0 Å². The van der Waals surface area contributed by atoms with Crippen LogP contribution in [0.5, 0.6) is 0 Å². The Morgan fingerprint density at radius 3 is 1.71 bits per heavy atom. The minimum absolute atomic E-state index is 0. The number of carboxylic acid groups (broad SMARTS) is 1. The van der Waals surface area contributed by atoms with Gasteiger partial charge in [-0.25, -0.2) is 4.79 Å². The molecule has 5 nitrogen and oxygen atoms in total. The molecule has 0 heterocycles. The van der Waals surface area contributed by atoms with Crippen LogP contribution < -0.4 is 0 Å². The Morgan fingerprint density at radius 2 is 1.64 bits per heavy atom. The van der Waals surface area contributed by atoms with Crippen LogP contribution >= 0.6 is 12.6 Å². The fraction of sp³-hybridized carbons (Fsp3) is 0.571. The predicted molar refractivity (Wildman–Crippen MR) is 55.6 cm³/mol. The van der Waals surface area contributed by atoms with Crippen molar-refractivity contribution in [2.75, 3.05) is 5.75 Å². The molecular weight excluding hydrogens is 217 g/mol. The van der Waals surface area contributed by atoms with Crippen LogP contribution in [0.3, 0.4) is 0 Å². The Kier molecular flexibility index (Phi) is 8.52. The second-order valence-corrected chi connectivity index (χ2v) is 2.81. The summed E-state index contributed by atoms with van der Waals surface area (Å²) in [5.41, 5.74) is 0. The maximum absolute atomic E-state index is 10.9. The van der Waals surface area contributed by atoms with Crippen molar-refractivity contribution in [2.24, 2.45) is 0 Å². The van der Waals surface area contributed by atoms with E-state index in [1.54, 1.807) is 0 Å². The molecule has 1 atom stereocenters. The monoisotopic (exact) mass is 229 g/mol. The summed E-state index contributed by atoms with van der Waals surface area (Å²) >= 11 is 3.76. The van der Waals surface area contributed by atoms with Gasteiger partial charge in [-0.15, -0.1) is 0 Å². The van der Waals surface area contributed by atoms with E-state index in [4.69, 9.17) is 5.11 Å². The first-order chi connectivity index (χ1) is 5.91. The van der Waals surface area contributed by atoms with Gasteiger partial charge in [-0.3, -0.25) is 14.5 Å². The van der Waals surface area contributed by atoms with E-state index in [2.05, 4.69) is 12.6 Å². The number of carbonyl (C=O) groups excluding carboxylic acids is 2. The molecule has 0 saturated carbocycles. The molecule has 2 amide bonds. The quantitative estimate of drug-likeness (QED) is 0.486. The molecule has 7 heteroatoms. The Bertz CT molecular complexity index is 232. The standard InChI is InChI=1S/C7H11NO4S.Na.H/c1-4(9)8(5(2)10)6(3-13)7(11)12;;/h6,13H,3H2,1-2H3,(H,11,12);;/t6-;;/m0../s1. The first kappa shape index (κ1) is 16.4.